The maximum absolute atomic E-state index is 12.6. The first-order chi connectivity index (χ1) is 22.1. The average molecular weight is 713 g/mol. The van der Waals surface area contributed by atoms with Crippen molar-refractivity contribution < 1.29 is 37.7 Å². The number of benzene rings is 3. The molecule has 0 saturated heterocycles. The molecule has 1 atom stereocenters. The molecule has 1 fully saturated rings. The molecule has 0 radical (unpaired) electrons. The van der Waals surface area contributed by atoms with Crippen molar-refractivity contribution in [2.75, 3.05) is 0 Å². The monoisotopic (exact) mass is 711 g/mol. The summed E-state index contributed by atoms with van der Waals surface area (Å²) in [6.07, 6.45) is -2.49. The van der Waals surface area contributed by atoms with Gasteiger partial charge in [-0.05, 0) is 66.6 Å². The summed E-state index contributed by atoms with van der Waals surface area (Å²) in [5.41, 5.74) is 3.87. The third kappa shape index (κ3) is 8.10. The third-order valence-electron chi connectivity index (χ3n) is 8.39. The summed E-state index contributed by atoms with van der Waals surface area (Å²) in [6, 6.07) is 26.2. The highest BCUT2D eigenvalue weighted by Gasteiger charge is 2.49. The van der Waals surface area contributed by atoms with E-state index in [0.29, 0.717) is 38.2 Å². The van der Waals surface area contributed by atoms with Crippen molar-refractivity contribution in [2.24, 2.45) is 10.8 Å². The lowest BCUT2D eigenvalue weighted by Gasteiger charge is -2.26. The molecule has 1 saturated carbocycles. The fourth-order valence-corrected chi connectivity index (χ4v) is 6.33. The van der Waals surface area contributed by atoms with Crippen LogP contribution in [-0.4, -0.2) is 42.9 Å². The Morgan fingerprint density at radius 1 is 0.936 bits per heavy atom. The van der Waals surface area contributed by atoms with Crippen LogP contribution < -0.4 is 4.74 Å². The second-order valence-electron chi connectivity index (χ2n) is 12.6. The maximum atomic E-state index is 12.6. The Bertz CT molecular complexity index is 1920. The molecule has 0 spiro atoms. The summed E-state index contributed by atoms with van der Waals surface area (Å²) in [5.74, 6) is -1.98. The van der Waals surface area contributed by atoms with Crippen LogP contribution in [0.25, 0.3) is 21.9 Å². The molecule has 0 aliphatic heterocycles. The minimum atomic E-state index is -5.08. The zero-order chi connectivity index (χ0) is 34.0. The molecule has 1 unspecified atom stereocenters. The van der Waals surface area contributed by atoms with Crippen molar-refractivity contribution in [1.82, 2.24) is 14.5 Å². The van der Waals surface area contributed by atoms with Crippen molar-refractivity contribution in [3.05, 3.63) is 100 Å². The van der Waals surface area contributed by atoms with E-state index in [0.717, 1.165) is 49.9 Å². The van der Waals surface area contributed by atoms with Gasteiger partial charge in [-0.2, -0.15) is 13.2 Å². The number of nitrogens with zero attached hydrogens (tertiary/aromatic N) is 3. The van der Waals surface area contributed by atoms with Crippen molar-refractivity contribution >= 4 is 49.8 Å². The number of hydrogen-bond acceptors (Lipinski definition) is 5. The van der Waals surface area contributed by atoms with E-state index in [1.807, 2.05) is 60.7 Å². The predicted octanol–water partition coefficient (Wildman–Crippen LogP) is 8.43. The van der Waals surface area contributed by atoms with E-state index < -0.39 is 23.5 Å². The fraction of sp³-hybridized carbons (Fsp3) is 0.314. The van der Waals surface area contributed by atoms with Gasteiger partial charge in [-0.3, -0.25) is 4.79 Å². The molecule has 0 amide bonds. The lowest BCUT2D eigenvalue weighted by atomic mass is 9.78. The molecule has 3 aromatic carbocycles. The highest BCUT2D eigenvalue weighted by molar-refractivity contribution is 9.10. The van der Waals surface area contributed by atoms with Crippen LogP contribution in [-0.2, 0) is 29.2 Å². The van der Waals surface area contributed by atoms with Crippen molar-refractivity contribution in [3.8, 4) is 5.75 Å². The van der Waals surface area contributed by atoms with Gasteiger partial charge in [-0.1, -0.05) is 66.2 Å². The van der Waals surface area contributed by atoms with Crippen molar-refractivity contribution in [1.29, 1.82) is 0 Å². The highest BCUT2D eigenvalue weighted by atomic mass is 79.9. The first kappa shape index (κ1) is 33.9. The second kappa shape index (κ2) is 13.3. The van der Waals surface area contributed by atoms with Gasteiger partial charge in [-0.25, -0.2) is 14.8 Å². The number of alkyl halides is 3. The highest BCUT2D eigenvalue weighted by Crippen LogP contribution is 2.51. The van der Waals surface area contributed by atoms with Gasteiger partial charge >= 0.3 is 18.1 Å². The number of rotatable bonds is 8. The van der Waals surface area contributed by atoms with E-state index in [1.165, 1.54) is 0 Å². The lowest BCUT2D eigenvalue weighted by molar-refractivity contribution is -0.192. The number of pyridine rings is 1. The predicted molar refractivity (Wildman–Crippen MR) is 174 cm³/mol. The number of para-hydroxylation sites is 1. The van der Waals surface area contributed by atoms with E-state index in [-0.39, 0.29) is 5.41 Å². The first-order valence-corrected chi connectivity index (χ1v) is 15.7. The van der Waals surface area contributed by atoms with Crippen LogP contribution in [0.1, 0.15) is 50.2 Å². The Balaban J connectivity index is 0.000000559. The zero-order valence-electron chi connectivity index (χ0n) is 25.7. The smallest absolute Gasteiger partial charge is 0.487 e. The normalized spacial score (nSPS) is 17.3. The molecule has 47 heavy (non-hydrogen) atoms. The van der Waals surface area contributed by atoms with Gasteiger partial charge in [0.2, 0.25) is 0 Å². The van der Waals surface area contributed by atoms with E-state index in [9.17, 15) is 23.1 Å². The molecule has 5 aromatic rings. The van der Waals surface area contributed by atoms with E-state index in [4.69, 9.17) is 24.6 Å². The number of imidazole rings is 1. The molecular weight excluding hydrogens is 679 g/mol. The van der Waals surface area contributed by atoms with Crippen molar-refractivity contribution in [2.45, 2.75) is 58.9 Å². The van der Waals surface area contributed by atoms with Gasteiger partial charge in [0.25, 0.3) is 0 Å². The molecule has 1 aliphatic rings. The summed E-state index contributed by atoms with van der Waals surface area (Å²) >= 11 is 3.52. The number of carbonyl (C=O) groups is 2. The maximum Gasteiger partial charge on any atom is 0.490 e. The summed E-state index contributed by atoms with van der Waals surface area (Å²) in [6.45, 7) is 5.28. The Morgan fingerprint density at radius 3 is 2.28 bits per heavy atom. The second-order valence-corrected chi connectivity index (χ2v) is 13.5. The number of carboxylic acids is 2. The number of halogens is 4. The van der Waals surface area contributed by atoms with Gasteiger partial charge in [0.1, 0.15) is 18.2 Å². The van der Waals surface area contributed by atoms with Gasteiger partial charge in [0.15, 0.2) is 0 Å². The Morgan fingerprint density at radius 2 is 1.64 bits per heavy atom. The van der Waals surface area contributed by atoms with Gasteiger partial charge in [-0.15, -0.1) is 0 Å². The molecule has 0 bridgehead atoms. The van der Waals surface area contributed by atoms with E-state index >= 15 is 0 Å². The number of ether oxygens (including phenoxy) is 1. The molecular formula is C35H33BrF3N3O5. The number of aromatic nitrogens is 3. The molecule has 2 N–H and O–H groups in total. The molecule has 8 nitrogen and oxygen atoms in total. The molecule has 2 aromatic heterocycles. The van der Waals surface area contributed by atoms with Gasteiger partial charge < -0.3 is 19.5 Å². The largest absolute Gasteiger partial charge is 0.490 e. The lowest BCUT2D eigenvalue weighted by Crippen LogP contribution is -2.33. The van der Waals surface area contributed by atoms with Crippen LogP contribution in [0.5, 0.6) is 5.75 Å². The Labute approximate surface area is 277 Å². The Kier molecular flexibility index (Phi) is 9.63. The SMILES string of the molecule is CC1(C)CCC(Cc2nc3cc(OCc4ccc5ccccc5n4)ccc3n2Cc2ccc(Br)cc2)(C(=O)O)C1.O=C(O)C(F)(F)F. The number of carboxylic acid groups (broad SMARTS) is 2. The standard InChI is InChI=1S/C33H32BrN3O3.C2HF3O2/c1-32(2)15-16-33(21-32,31(38)39)18-30-36-28-17-26(40-20-25-12-9-23-5-3-4-6-27(23)35-25)13-14-29(28)37(30)19-22-7-10-24(34)11-8-22;3-2(4,5)1(6)7/h3-14,17H,15-16,18-21H2,1-2H3,(H,38,39);(H,6,7). The molecule has 1 aliphatic carbocycles. The number of fused-ring (bicyclic) bond motifs is 2. The zero-order valence-corrected chi connectivity index (χ0v) is 27.3. The third-order valence-corrected chi connectivity index (χ3v) is 8.91. The van der Waals surface area contributed by atoms with Gasteiger partial charge in [0.05, 0.1) is 27.7 Å². The molecule has 2 heterocycles. The van der Waals surface area contributed by atoms with Crippen LogP contribution in [0.2, 0.25) is 0 Å². The van der Waals surface area contributed by atoms with Gasteiger partial charge in [0, 0.05) is 28.9 Å². The van der Waals surface area contributed by atoms with Crippen LogP contribution in [0, 0.1) is 10.8 Å². The minimum absolute atomic E-state index is 0.00124. The van der Waals surface area contributed by atoms with Crippen LogP contribution in [0.15, 0.2) is 83.3 Å². The Hall–Kier alpha value is -4.45. The van der Waals surface area contributed by atoms with Crippen LogP contribution >= 0.6 is 15.9 Å². The average Bonchev–Trinajstić information content (AvgIpc) is 3.52. The summed E-state index contributed by atoms with van der Waals surface area (Å²) in [4.78, 5) is 31.3. The minimum Gasteiger partial charge on any atom is -0.487 e. The topological polar surface area (TPSA) is 115 Å². The van der Waals surface area contributed by atoms with Crippen LogP contribution in [0.4, 0.5) is 13.2 Å². The molecule has 12 heteroatoms. The summed E-state index contributed by atoms with van der Waals surface area (Å²) in [5, 5.41) is 18.6. The van der Waals surface area contributed by atoms with E-state index in [2.05, 4.69) is 52.5 Å². The van der Waals surface area contributed by atoms with E-state index in [1.54, 1.807) is 0 Å². The number of aliphatic carboxylic acids is 2. The van der Waals surface area contributed by atoms with Crippen LogP contribution in [0.3, 0.4) is 0 Å². The molecule has 246 valence electrons. The van der Waals surface area contributed by atoms with Crippen molar-refractivity contribution in [3.63, 3.8) is 0 Å². The first-order valence-electron chi connectivity index (χ1n) is 14.9. The fourth-order valence-electron chi connectivity index (χ4n) is 6.06. The molecule has 6 rings (SSSR count). The quantitative estimate of drug-likeness (QED) is 0.166. The number of hydrogen-bond donors (Lipinski definition) is 2. The summed E-state index contributed by atoms with van der Waals surface area (Å²) in [7, 11) is 0. The summed E-state index contributed by atoms with van der Waals surface area (Å²) < 4.78 is 41.1.